The molecular formula is C7H6ClN3. The molecule has 0 spiro atoms. The van der Waals surface area contributed by atoms with Crippen LogP contribution in [0.2, 0.25) is 5.02 Å². The summed E-state index contributed by atoms with van der Waals surface area (Å²) in [6.45, 7) is 0. The van der Waals surface area contributed by atoms with Gasteiger partial charge in [0, 0.05) is 5.39 Å². The van der Waals surface area contributed by atoms with Gasteiger partial charge >= 0.3 is 0 Å². The molecule has 0 saturated heterocycles. The summed E-state index contributed by atoms with van der Waals surface area (Å²) in [4.78, 5) is 0. The number of nitrogen functional groups attached to an aromatic ring is 1. The summed E-state index contributed by atoms with van der Waals surface area (Å²) in [6.07, 6.45) is 1.71. The Labute approximate surface area is 68.2 Å². The Bertz CT molecular complexity index is 393. The van der Waals surface area contributed by atoms with Crippen LogP contribution < -0.4 is 5.73 Å². The van der Waals surface area contributed by atoms with Gasteiger partial charge in [-0.2, -0.15) is 5.10 Å². The van der Waals surface area contributed by atoms with Crippen LogP contribution in [-0.2, 0) is 0 Å². The number of rotatable bonds is 0. The third kappa shape index (κ3) is 0.851. The Morgan fingerprint density at radius 1 is 1.45 bits per heavy atom. The summed E-state index contributed by atoms with van der Waals surface area (Å²) in [5, 5.41) is 8.14. The van der Waals surface area contributed by atoms with Gasteiger partial charge in [0.2, 0.25) is 0 Å². The first kappa shape index (κ1) is 6.49. The third-order valence-electron chi connectivity index (χ3n) is 1.60. The fourth-order valence-electron chi connectivity index (χ4n) is 1.01. The molecular weight excluding hydrogens is 162 g/mol. The van der Waals surface area contributed by atoms with E-state index in [1.807, 2.05) is 6.07 Å². The zero-order valence-electron chi connectivity index (χ0n) is 5.63. The normalized spacial score (nSPS) is 10.6. The Morgan fingerprint density at radius 2 is 2.27 bits per heavy atom. The van der Waals surface area contributed by atoms with Crippen LogP contribution >= 0.6 is 11.6 Å². The number of anilines is 1. The number of nitrogens with one attached hydrogen (secondary N) is 1. The van der Waals surface area contributed by atoms with E-state index in [0.29, 0.717) is 10.7 Å². The Morgan fingerprint density at radius 3 is 3.09 bits per heavy atom. The van der Waals surface area contributed by atoms with Crippen LogP contribution in [0.5, 0.6) is 0 Å². The van der Waals surface area contributed by atoms with Gasteiger partial charge in [-0.1, -0.05) is 11.6 Å². The second-order valence-corrected chi connectivity index (χ2v) is 2.70. The first-order valence-electron chi connectivity index (χ1n) is 3.16. The minimum atomic E-state index is 0.557. The van der Waals surface area contributed by atoms with Gasteiger partial charge in [0.25, 0.3) is 0 Å². The summed E-state index contributed by atoms with van der Waals surface area (Å²) < 4.78 is 0. The molecule has 2 rings (SSSR count). The molecule has 2 aromatic rings. The monoisotopic (exact) mass is 167 g/mol. The average molecular weight is 168 g/mol. The van der Waals surface area contributed by atoms with E-state index in [1.54, 1.807) is 12.3 Å². The molecule has 0 amide bonds. The predicted octanol–water partition coefficient (Wildman–Crippen LogP) is 1.80. The molecule has 0 fully saturated rings. The minimum Gasteiger partial charge on any atom is -0.396 e. The van der Waals surface area contributed by atoms with Crippen molar-refractivity contribution in [1.29, 1.82) is 0 Å². The highest BCUT2D eigenvalue weighted by atomic mass is 35.5. The number of hydrogen-bond donors (Lipinski definition) is 2. The number of benzene rings is 1. The van der Waals surface area contributed by atoms with E-state index in [1.165, 1.54) is 0 Å². The second kappa shape index (κ2) is 2.13. The third-order valence-corrected chi connectivity index (χ3v) is 1.93. The molecule has 0 aliphatic carbocycles. The summed E-state index contributed by atoms with van der Waals surface area (Å²) in [7, 11) is 0. The zero-order valence-corrected chi connectivity index (χ0v) is 6.39. The van der Waals surface area contributed by atoms with Crippen molar-refractivity contribution in [3.63, 3.8) is 0 Å². The van der Waals surface area contributed by atoms with Gasteiger partial charge in [-0.15, -0.1) is 0 Å². The quantitative estimate of drug-likeness (QED) is 0.588. The van der Waals surface area contributed by atoms with Gasteiger partial charge in [-0.25, -0.2) is 0 Å². The van der Waals surface area contributed by atoms with E-state index < -0.39 is 0 Å². The number of nitrogens with zero attached hydrogens (tertiary/aromatic N) is 1. The molecule has 0 bridgehead atoms. The second-order valence-electron chi connectivity index (χ2n) is 2.30. The number of fused-ring (bicyclic) bond motifs is 1. The van der Waals surface area contributed by atoms with Gasteiger partial charge < -0.3 is 5.73 Å². The molecule has 0 radical (unpaired) electrons. The molecule has 3 N–H and O–H groups in total. The lowest BCUT2D eigenvalue weighted by Crippen LogP contribution is -1.87. The van der Waals surface area contributed by atoms with Crippen molar-refractivity contribution in [2.24, 2.45) is 0 Å². The summed E-state index contributed by atoms with van der Waals surface area (Å²) in [5.41, 5.74) is 7.02. The Hall–Kier alpha value is -1.22. The van der Waals surface area contributed by atoms with E-state index in [2.05, 4.69) is 10.2 Å². The van der Waals surface area contributed by atoms with Crippen molar-refractivity contribution < 1.29 is 0 Å². The number of H-pyrrole nitrogens is 1. The van der Waals surface area contributed by atoms with Gasteiger partial charge in [0.05, 0.1) is 22.4 Å². The number of aromatic amines is 1. The van der Waals surface area contributed by atoms with Crippen molar-refractivity contribution in [1.82, 2.24) is 10.2 Å². The largest absolute Gasteiger partial charge is 0.396 e. The lowest BCUT2D eigenvalue weighted by Gasteiger charge is -1.96. The number of nitrogens with two attached hydrogens (primary N) is 1. The van der Waals surface area contributed by atoms with Crippen molar-refractivity contribution >= 4 is 28.2 Å². The first-order chi connectivity index (χ1) is 5.29. The lowest BCUT2D eigenvalue weighted by atomic mass is 10.2. The molecule has 0 atom stereocenters. The summed E-state index contributed by atoms with van der Waals surface area (Å²) in [6, 6.07) is 3.63. The van der Waals surface area contributed by atoms with Crippen LogP contribution in [0.3, 0.4) is 0 Å². The van der Waals surface area contributed by atoms with Crippen molar-refractivity contribution in [2.45, 2.75) is 0 Å². The highest BCUT2D eigenvalue weighted by molar-refractivity contribution is 6.34. The minimum absolute atomic E-state index is 0.557. The SMILES string of the molecule is Nc1c(Cl)ccc2cn[nH]c12. The molecule has 0 unspecified atom stereocenters. The lowest BCUT2D eigenvalue weighted by molar-refractivity contribution is 1.12. The molecule has 3 nitrogen and oxygen atoms in total. The Kier molecular flexibility index (Phi) is 1.26. The molecule has 0 aliphatic heterocycles. The topological polar surface area (TPSA) is 54.7 Å². The van der Waals surface area contributed by atoms with E-state index >= 15 is 0 Å². The molecule has 0 saturated carbocycles. The molecule has 1 aromatic heterocycles. The summed E-state index contributed by atoms with van der Waals surface area (Å²) in [5.74, 6) is 0. The van der Waals surface area contributed by atoms with Gasteiger partial charge in [0.1, 0.15) is 0 Å². The van der Waals surface area contributed by atoms with Crippen molar-refractivity contribution in [2.75, 3.05) is 5.73 Å². The van der Waals surface area contributed by atoms with Crippen LogP contribution in [0.4, 0.5) is 5.69 Å². The van der Waals surface area contributed by atoms with Crippen LogP contribution in [0, 0.1) is 0 Å². The highest BCUT2D eigenvalue weighted by Gasteiger charge is 2.02. The van der Waals surface area contributed by atoms with Crippen LogP contribution in [-0.4, -0.2) is 10.2 Å². The fraction of sp³-hybridized carbons (Fsp3) is 0. The van der Waals surface area contributed by atoms with E-state index in [9.17, 15) is 0 Å². The maximum atomic E-state index is 5.77. The van der Waals surface area contributed by atoms with E-state index in [4.69, 9.17) is 17.3 Å². The molecule has 1 heterocycles. The van der Waals surface area contributed by atoms with Crippen LogP contribution in [0.1, 0.15) is 0 Å². The van der Waals surface area contributed by atoms with E-state index in [-0.39, 0.29) is 0 Å². The number of aromatic nitrogens is 2. The van der Waals surface area contributed by atoms with E-state index in [0.717, 1.165) is 10.9 Å². The summed E-state index contributed by atoms with van der Waals surface area (Å²) >= 11 is 5.77. The zero-order chi connectivity index (χ0) is 7.84. The van der Waals surface area contributed by atoms with Crippen molar-refractivity contribution in [3.8, 4) is 0 Å². The van der Waals surface area contributed by atoms with Crippen LogP contribution in [0.25, 0.3) is 10.9 Å². The highest BCUT2D eigenvalue weighted by Crippen LogP contribution is 2.25. The van der Waals surface area contributed by atoms with Gasteiger partial charge in [-0.3, -0.25) is 5.10 Å². The fourth-order valence-corrected chi connectivity index (χ4v) is 1.17. The van der Waals surface area contributed by atoms with Crippen LogP contribution in [0.15, 0.2) is 18.3 Å². The van der Waals surface area contributed by atoms with Gasteiger partial charge in [-0.05, 0) is 12.1 Å². The number of halogens is 1. The maximum absolute atomic E-state index is 5.77. The molecule has 1 aromatic carbocycles. The molecule has 0 aliphatic rings. The molecule has 11 heavy (non-hydrogen) atoms. The number of hydrogen-bond acceptors (Lipinski definition) is 2. The van der Waals surface area contributed by atoms with Crippen molar-refractivity contribution in [3.05, 3.63) is 23.4 Å². The molecule has 4 heteroatoms. The first-order valence-corrected chi connectivity index (χ1v) is 3.54. The standard InChI is InChI=1S/C7H6ClN3/c8-5-2-1-4-3-10-11-7(4)6(5)9/h1-3H,9H2,(H,10,11). The maximum Gasteiger partial charge on any atom is 0.0894 e. The van der Waals surface area contributed by atoms with Gasteiger partial charge in [0.15, 0.2) is 0 Å². The molecule has 56 valence electrons. The average Bonchev–Trinajstić information content (AvgIpc) is 2.45. The predicted molar refractivity (Wildman–Crippen MR) is 45.5 cm³/mol. The Balaban J connectivity index is 2.93. The smallest absolute Gasteiger partial charge is 0.0894 e.